The fourth-order valence-corrected chi connectivity index (χ4v) is 1.52. The van der Waals surface area contributed by atoms with Gasteiger partial charge in [0.25, 0.3) is 6.29 Å². The summed E-state index contributed by atoms with van der Waals surface area (Å²) in [5.74, 6) is 0. The number of benzene rings is 1. The quantitative estimate of drug-likeness (QED) is 0.734. The van der Waals surface area contributed by atoms with Crippen LogP contribution in [-0.4, -0.2) is 0 Å². The number of ether oxygens (including phenoxy) is 2. The van der Waals surface area contributed by atoms with E-state index in [9.17, 15) is 0 Å². The first-order chi connectivity index (χ1) is 5.88. The molecule has 0 radical (unpaired) electrons. The second-order valence-electron chi connectivity index (χ2n) is 2.40. The van der Waals surface area contributed by atoms with Gasteiger partial charge >= 0.3 is 0 Å². The molecule has 1 aliphatic heterocycles. The van der Waals surface area contributed by atoms with Crippen LogP contribution in [0.5, 0.6) is 0 Å². The summed E-state index contributed by atoms with van der Waals surface area (Å²) in [4.78, 5) is 0. The third-order valence-corrected chi connectivity index (χ3v) is 2.34. The molecule has 1 aromatic rings. The van der Waals surface area contributed by atoms with Gasteiger partial charge in [0.2, 0.25) is 0 Å². The summed E-state index contributed by atoms with van der Waals surface area (Å²) in [6, 6.07) is 7.82. The molecule has 0 aromatic heterocycles. The third-order valence-electron chi connectivity index (χ3n) is 1.62. The maximum absolute atomic E-state index is 5.19. The summed E-state index contributed by atoms with van der Waals surface area (Å²) in [5.41, 5.74) is 1.00. The number of hydrogen-bond donors (Lipinski definition) is 0. The lowest BCUT2D eigenvalue weighted by Crippen LogP contribution is -1.97. The molecule has 0 bridgehead atoms. The van der Waals surface area contributed by atoms with Gasteiger partial charge in [-0.3, -0.25) is 0 Å². The van der Waals surface area contributed by atoms with Crippen LogP contribution in [0.1, 0.15) is 11.9 Å². The van der Waals surface area contributed by atoms with E-state index in [-0.39, 0.29) is 6.29 Å². The van der Waals surface area contributed by atoms with Crippen molar-refractivity contribution >= 4 is 15.9 Å². The van der Waals surface area contributed by atoms with Gasteiger partial charge in [0.05, 0.1) is 0 Å². The Morgan fingerprint density at radius 1 is 1.08 bits per heavy atom. The van der Waals surface area contributed by atoms with Gasteiger partial charge in [0.15, 0.2) is 0 Å². The van der Waals surface area contributed by atoms with E-state index >= 15 is 0 Å². The Bertz CT molecular complexity index is 301. The molecule has 0 N–H and O–H groups in total. The van der Waals surface area contributed by atoms with Crippen molar-refractivity contribution in [2.45, 2.75) is 6.29 Å². The third kappa shape index (κ3) is 1.32. The first-order valence-corrected chi connectivity index (χ1v) is 4.37. The van der Waals surface area contributed by atoms with Gasteiger partial charge in [-0.2, -0.15) is 0 Å². The number of hydrogen-bond acceptors (Lipinski definition) is 2. The smallest absolute Gasteiger partial charge is 0.267 e. The van der Waals surface area contributed by atoms with E-state index in [2.05, 4.69) is 15.9 Å². The van der Waals surface area contributed by atoms with Gasteiger partial charge < -0.3 is 9.47 Å². The molecule has 0 aliphatic carbocycles. The second kappa shape index (κ2) is 3.19. The van der Waals surface area contributed by atoms with Crippen molar-refractivity contribution in [1.29, 1.82) is 0 Å². The molecule has 0 spiro atoms. The van der Waals surface area contributed by atoms with Crippen LogP contribution in [0.25, 0.3) is 0 Å². The van der Waals surface area contributed by atoms with Crippen LogP contribution in [0.4, 0.5) is 0 Å². The fourth-order valence-electron chi connectivity index (χ4n) is 1.05. The van der Waals surface area contributed by atoms with Crippen LogP contribution in [0.2, 0.25) is 0 Å². The van der Waals surface area contributed by atoms with Crippen LogP contribution in [0.3, 0.4) is 0 Å². The lowest BCUT2D eigenvalue weighted by atomic mass is 10.2. The molecule has 2 nitrogen and oxygen atoms in total. The highest BCUT2D eigenvalue weighted by Crippen LogP contribution is 2.29. The topological polar surface area (TPSA) is 18.5 Å². The molecule has 12 heavy (non-hydrogen) atoms. The average molecular weight is 227 g/mol. The van der Waals surface area contributed by atoms with Gasteiger partial charge in [-0.1, -0.05) is 34.1 Å². The van der Waals surface area contributed by atoms with E-state index in [1.54, 1.807) is 12.5 Å². The first-order valence-electron chi connectivity index (χ1n) is 3.58. The molecule has 3 heteroatoms. The highest BCUT2D eigenvalue weighted by atomic mass is 79.9. The Labute approximate surface area is 78.9 Å². The van der Waals surface area contributed by atoms with Crippen molar-refractivity contribution in [3.63, 3.8) is 0 Å². The zero-order valence-electron chi connectivity index (χ0n) is 6.24. The Kier molecular flexibility index (Phi) is 2.04. The predicted molar refractivity (Wildman–Crippen MR) is 48.2 cm³/mol. The molecule has 1 aliphatic rings. The molecule has 0 fully saturated rings. The summed E-state index contributed by atoms with van der Waals surface area (Å²) in [6.45, 7) is 0. The van der Waals surface area contributed by atoms with Gasteiger partial charge in [0, 0.05) is 10.0 Å². The average Bonchev–Trinajstić information content (AvgIpc) is 2.57. The lowest BCUT2D eigenvalue weighted by Gasteiger charge is -2.11. The maximum atomic E-state index is 5.19. The highest BCUT2D eigenvalue weighted by molar-refractivity contribution is 9.10. The molecule has 0 saturated carbocycles. The molecule has 62 valence electrons. The summed E-state index contributed by atoms with van der Waals surface area (Å²) >= 11 is 3.42. The molecular weight excluding hydrogens is 220 g/mol. The van der Waals surface area contributed by atoms with Crippen molar-refractivity contribution in [2.75, 3.05) is 0 Å². The largest absolute Gasteiger partial charge is 0.455 e. The molecule has 1 aromatic carbocycles. The van der Waals surface area contributed by atoms with E-state index in [0.717, 1.165) is 10.0 Å². The zero-order valence-corrected chi connectivity index (χ0v) is 7.82. The standard InChI is InChI=1S/C9H7BrO2/c10-8-4-2-1-3-7(8)9-11-5-6-12-9/h1-6,9H. The second-order valence-corrected chi connectivity index (χ2v) is 3.25. The summed E-state index contributed by atoms with van der Waals surface area (Å²) in [6.07, 6.45) is 2.80. The van der Waals surface area contributed by atoms with Crippen LogP contribution >= 0.6 is 15.9 Å². The van der Waals surface area contributed by atoms with Gasteiger partial charge in [-0.15, -0.1) is 0 Å². The molecule has 0 atom stereocenters. The predicted octanol–water partition coefficient (Wildman–Crippen LogP) is 2.97. The van der Waals surface area contributed by atoms with Crippen molar-refractivity contribution in [3.05, 3.63) is 46.8 Å². The summed E-state index contributed by atoms with van der Waals surface area (Å²) in [5, 5.41) is 0. The van der Waals surface area contributed by atoms with E-state index in [4.69, 9.17) is 9.47 Å². The molecule has 2 rings (SSSR count). The zero-order chi connectivity index (χ0) is 8.39. The van der Waals surface area contributed by atoms with Crippen molar-refractivity contribution in [1.82, 2.24) is 0 Å². The van der Waals surface area contributed by atoms with Crippen LogP contribution in [-0.2, 0) is 9.47 Å². The number of halogens is 1. The van der Waals surface area contributed by atoms with Crippen LogP contribution < -0.4 is 0 Å². The molecule has 0 amide bonds. The highest BCUT2D eigenvalue weighted by Gasteiger charge is 2.17. The molecule has 1 heterocycles. The van der Waals surface area contributed by atoms with Crippen molar-refractivity contribution < 1.29 is 9.47 Å². The molecule has 0 unspecified atom stereocenters. The van der Waals surface area contributed by atoms with Crippen molar-refractivity contribution in [2.24, 2.45) is 0 Å². The van der Waals surface area contributed by atoms with Gasteiger partial charge in [0.1, 0.15) is 12.5 Å². The minimum atomic E-state index is -0.291. The van der Waals surface area contributed by atoms with E-state index < -0.39 is 0 Å². The Morgan fingerprint density at radius 3 is 2.42 bits per heavy atom. The van der Waals surface area contributed by atoms with E-state index in [0.29, 0.717) is 0 Å². The van der Waals surface area contributed by atoms with E-state index in [1.165, 1.54) is 0 Å². The van der Waals surface area contributed by atoms with Gasteiger partial charge in [-0.25, -0.2) is 0 Å². The Hall–Kier alpha value is -0.960. The SMILES string of the molecule is Brc1ccccc1C1OC=CO1. The van der Waals surface area contributed by atoms with Crippen molar-refractivity contribution in [3.8, 4) is 0 Å². The van der Waals surface area contributed by atoms with E-state index in [1.807, 2.05) is 24.3 Å². The normalized spacial score (nSPS) is 15.8. The Morgan fingerprint density at radius 2 is 1.75 bits per heavy atom. The Balaban J connectivity index is 2.27. The summed E-state index contributed by atoms with van der Waals surface area (Å²) in [7, 11) is 0. The summed E-state index contributed by atoms with van der Waals surface area (Å²) < 4.78 is 11.4. The minimum Gasteiger partial charge on any atom is -0.455 e. The first kappa shape index (κ1) is 7.68. The maximum Gasteiger partial charge on any atom is 0.267 e. The van der Waals surface area contributed by atoms with Crippen LogP contribution in [0.15, 0.2) is 41.3 Å². The fraction of sp³-hybridized carbons (Fsp3) is 0.111. The minimum absolute atomic E-state index is 0.291. The number of rotatable bonds is 1. The van der Waals surface area contributed by atoms with Crippen LogP contribution in [0, 0.1) is 0 Å². The molecule has 0 saturated heterocycles. The van der Waals surface area contributed by atoms with Gasteiger partial charge in [-0.05, 0) is 6.07 Å². The molecular formula is C9H7BrO2. The lowest BCUT2D eigenvalue weighted by molar-refractivity contribution is -0.0251. The monoisotopic (exact) mass is 226 g/mol.